The van der Waals surface area contributed by atoms with E-state index in [-0.39, 0.29) is 5.54 Å². The van der Waals surface area contributed by atoms with E-state index in [0.29, 0.717) is 12.0 Å². The fourth-order valence-electron chi connectivity index (χ4n) is 1.90. The molecule has 0 bridgehead atoms. The smallest absolute Gasteiger partial charge is 0.0303 e. The molecule has 0 aliphatic rings. The molecule has 0 aromatic heterocycles. The summed E-state index contributed by atoms with van der Waals surface area (Å²) in [6, 6.07) is 0.593. The van der Waals surface area contributed by atoms with Crippen LogP contribution in [0, 0.1) is 5.92 Å². The minimum Gasteiger partial charge on any atom is -0.329 e. The predicted molar refractivity (Wildman–Crippen MR) is 64.4 cm³/mol. The van der Waals surface area contributed by atoms with Gasteiger partial charge in [0.15, 0.2) is 0 Å². The monoisotopic (exact) mass is 200 g/mol. The van der Waals surface area contributed by atoms with Gasteiger partial charge in [0.2, 0.25) is 0 Å². The highest BCUT2D eigenvalue weighted by Gasteiger charge is 2.30. The Morgan fingerprint density at radius 3 is 2.07 bits per heavy atom. The van der Waals surface area contributed by atoms with E-state index >= 15 is 0 Å². The molecule has 2 unspecified atom stereocenters. The summed E-state index contributed by atoms with van der Waals surface area (Å²) >= 11 is 0. The van der Waals surface area contributed by atoms with Gasteiger partial charge in [-0.25, -0.2) is 0 Å². The van der Waals surface area contributed by atoms with Crippen LogP contribution >= 0.6 is 0 Å². The molecule has 2 heteroatoms. The highest BCUT2D eigenvalue weighted by Crippen LogP contribution is 2.23. The average Bonchev–Trinajstić information content (AvgIpc) is 2.15. The number of hydrogen-bond donors (Lipinski definition) is 1. The Balaban J connectivity index is 4.50. The van der Waals surface area contributed by atoms with E-state index < -0.39 is 0 Å². The van der Waals surface area contributed by atoms with Crippen LogP contribution in [0.15, 0.2) is 0 Å². The van der Waals surface area contributed by atoms with E-state index in [1.807, 2.05) is 0 Å². The third-order valence-electron chi connectivity index (χ3n) is 3.66. The number of nitrogens with zero attached hydrogens (tertiary/aromatic N) is 1. The molecular weight excluding hydrogens is 172 g/mol. The van der Waals surface area contributed by atoms with Gasteiger partial charge in [-0.15, -0.1) is 0 Å². The predicted octanol–water partition coefficient (Wildman–Crippen LogP) is 2.48. The molecule has 0 saturated carbocycles. The number of hydrogen-bond acceptors (Lipinski definition) is 2. The fraction of sp³-hybridized carbons (Fsp3) is 1.00. The largest absolute Gasteiger partial charge is 0.329 e. The number of rotatable bonds is 6. The van der Waals surface area contributed by atoms with Crippen molar-refractivity contribution in [2.45, 2.75) is 59.0 Å². The van der Waals surface area contributed by atoms with Crippen LogP contribution in [-0.2, 0) is 0 Å². The molecular formula is C12H28N2. The van der Waals surface area contributed by atoms with Crippen LogP contribution in [0.4, 0.5) is 0 Å². The molecule has 14 heavy (non-hydrogen) atoms. The zero-order valence-corrected chi connectivity index (χ0v) is 10.8. The third kappa shape index (κ3) is 3.25. The Morgan fingerprint density at radius 2 is 1.79 bits per heavy atom. The van der Waals surface area contributed by atoms with Gasteiger partial charge in [0.05, 0.1) is 0 Å². The third-order valence-corrected chi connectivity index (χ3v) is 3.66. The minimum atomic E-state index is 0.165. The molecule has 0 fully saturated rings. The highest BCUT2D eigenvalue weighted by atomic mass is 15.2. The van der Waals surface area contributed by atoms with E-state index in [0.717, 1.165) is 6.54 Å². The van der Waals surface area contributed by atoms with Gasteiger partial charge in [-0.1, -0.05) is 27.2 Å². The van der Waals surface area contributed by atoms with Gasteiger partial charge < -0.3 is 5.73 Å². The summed E-state index contributed by atoms with van der Waals surface area (Å²) in [5, 5.41) is 0. The first-order chi connectivity index (χ1) is 6.39. The average molecular weight is 200 g/mol. The highest BCUT2D eigenvalue weighted by molar-refractivity contribution is 4.88. The van der Waals surface area contributed by atoms with Crippen molar-refractivity contribution in [2.75, 3.05) is 13.6 Å². The molecule has 0 rings (SSSR count). The summed E-state index contributed by atoms with van der Waals surface area (Å²) in [7, 11) is 2.20. The molecule has 86 valence electrons. The molecule has 0 aliphatic carbocycles. The van der Waals surface area contributed by atoms with Crippen LogP contribution in [0.3, 0.4) is 0 Å². The summed E-state index contributed by atoms with van der Waals surface area (Å²) < 4.78 is 0. The maximum atomic E-state index is 5.89. The second-order valence-electron chi connectivity index (χ2n) is 5.05. The van der Waals surface area contributed by atoms with Crippen molar-refractivity contribution in [3.8, 4) is 0 Å². The van der Waals surface area contributed by atoms with Gasteiger partial charge in [-0.2, -0.15) is 0 Å². The standard InChI is InChI=1S/C12H28N2/c1-7-8-12(5,9-13)14(6)11(4)10(2)3/h10-11H,7-9,13H2,1-6H3. The van der Waals surface area contributed by atoms with Gasteiger partial charge >= 0.3 is 0 Å². The lowest BCUT2D eigenvalue weighted by Gasteiger charge is -2.43. The van der Waals surface area contributed by atoms with Crippen LogP contribution in [0.25, 0.3) is 0 Å². The maximum absolute atomic E-state index is 5.89. The first-order valence-electron chi connectivity index (χ1n) is 5.82. The number of likely N-dealkylation sites (N-methyl/N-ethyl adjacent to an activating group) is 1. The molecule has 2 N–H and O–H groups in total. The van der Waals surface area contributed by atoms with Crippen LogP contribution in [-0.4, -0.2) is 30.1 Å². The lowest BCUT2D eigenvalue weighted by Crippen LogP contribution is -2.54. The van der Waals surface area contributed by atoms with E-state index in [1.54, 1.807) is 0 Å². The Hall–Kier alpha value is -0.0800. The van der Waals surface area contributed by atoms with E-state index in [4.69, 9.17) is 5.73 Å². The quantitative estimate of drug-likeness (QED) is 0.714. The zero-order valence-electron chi connectivity index (χ0n) is 10.8. The molecule has 2 atom stereocenters. The van der Waals surface area contributed by atoms with Gasteiger partial charge in [-0.3, -0.25) is 4.90 Å². The molecule has 0 radical (unpaired) electrons. The maximum Gasteiger partial charge on any atom is 0.0303 e. The zero-order chi connectivity index (χ0) is 11.4. The molecule has 2 nitrogen and oxygen atoms in total. The van der Waals surface area contributed by atoms with E-state index in [9.17, 15) is 0 Å². The molecule has 0 spiro atoms. The second kappa shape index (κ2) is 5.72. The Kier molecular flexibility index (Phi) is 5.68. The summed E-state index contributed by atoms with van der Waals surface area (Å²) in [4.78, 5) is 2.45. The van der Waals surface area contributed by atoms with Crippen molar-refractivity contribution in [1.29, 1.82) is 0 Å². The second-order valence-corrected chi connectivity index (χ2v) is 5.05. The van der Waals surface area contributed by atoms with E-state index in [1.165, 1.54) is 12.8 Å². The number of nitrogens with two attached hydrogens (primary N) is 1. The first-order valence-corrected chi connectivity index (χ1v) is 5.82. The van der Waals surface area contributed by atoms with Crippen molar-refractivity contribution in [2.24, 2.45) is 11.7 Å². The van der Waals surface area contributed by atoms with Crippen molar-refractivity contribution < 1.29 is 0 Å². The summed E-state index contributed by atoms with van der Waals surface area (Å²) in [6.45, 7) is 12.1. The lowest BCUT2D eigenvalue weighted by atomic mass is 9.90. The molecule has 0 heterocycles. The van der Waals surface area contributed by atoms with Crippen LogP contribution in [0.2, 0.25) is 0 Å². The molecule has 0 aromatic carbocycles. The van der Waals surface area contributed by atoms with Crippen LogP contribution in [0.1, 0.15) is 47.5 Å². The Bertz CT molecular complexity index is 156. The van der Waals surface area contributed by atoms with Crippen molar-refractivity contribution in [1.82, 2.24) is 4.90 Å². The molecule has 0 aromatic rings. The van der Waals surface area contributed by atoms with Gasteiger partial charge in [-0.05, 0) is 33.2 Å². The fourth-order valence-corrected chi connectivity index (χ4v) is 1.90. The normalized spacial score (nSPS) is 18.6. The minimum absolute atomic E-state index is 0.165. The van der Waals surface area contributed by atoms with E-state index in [2.05, 4.69) is 46.6 Å². The van der Waals surface area contributed by atoms with Crippen molar-refractivity contribution >= 4 is 0 Å². The molecule has 0 saturated heterocycles. The van der Waals surface area contributed by atoms with Crippen molar-refractivity contribution in [3.05, 3.63) is 0 Å². The molecule has 0 aliphatic heterocycles. The van der Waals surface area contributed by atoms with Gasteiger partial charge in [0.25, 0.3) is 0 Å². The summed E-state index contributed by atoms with van der Waals surface area (Å²) in [6.07, 6.45) is 2.37. The molecule has 0 amide bonds. The summed E-state index contributed by atoms with van der Waals surface area (Å²) in [5.41, 5.74) is 6.06. The van der Waals surface area contributed by atoms with Crippen LogP contribution in [0.5, 0.6) is 0 Å². The topological polar surface area (TPSA) is 29.3 Å². The summed E-state index contributed by atoms with van der Waals surface area (Å²) in [5.74, 6) is 0.683. The Labute approximate surface area is 89.9 Å². The lowest BCUT2D eigenvalue weighted by molar-refractivity contribution is 0.0691. The Morgan fingerprint density at radius 1 is 1.29 bits per heavy atom. The van der Waals surface area contributed by atoms with Gasteiger partial charge in [0, 0.05) is 18.1 Å². The van der Waals surface area contributed by atoms with Crippen LogP contribution < -0.4 is 5.73 Å². The van der Waals surface area contributed by atoms with Crippen molar-refractivity contribution in [3.63, 3.8) is 0 Å². The first kappa shape index (κ1) is 13.9. The SMILES string of the molecule is CCCC(C)(CN)N(C)C(C)C(C)C. The van der Waals surface area contributed by atoms with Gasteiger partial charge in [0.1, 0.15) is 0 Å².